The summed E-state index contributed by atoms with van der Waals surface area (Å²) in [4.78, 5) is 29.2. The lowest BCUT2D eigenvalue weighted by Crippen LogP contribution is -2.51. The normalized spacial score (nSPS) is 21.7. The fraction of sp³-hybridized carbons (Fsp3) is 0.481. The van der Waals surface area contributed by atoms with Crippen LogP contribution in [0.1, 0.15) is 53.6 Å². The fourth-order valence-electron chi connectivity index (χ4n) is 5.23. The van der Waals surface area contributed by atoms with Crippen LogP contribution in [0.5, 0.6) is 0 Å². The molecule has 0 aliphatic carbocycles. The smallest absolute Gasteiger partial charge is 0.251 e. The van der Waals surface area contributed by atoms with Gasteiger partial charge in [-0.1, -0.05) is 41.4 Å². The number of piperidine rings is 2. The molecule has 2 aromatic rings. The molecule has 2 fully saturated rings. The number of alkyl halides is 1. The lowest BCUT2D eigenvalue weighted by atomic mass is 9.84. The van der Waals surface area contributed by atoms with Gasteiger partial charge in [0.05, 0.1) is 10.0 Å². The molecule has 2 aliphatic rings. The van der Waals surface area contributed by atoms with Gasteiger partial charge in [0.15, 0.2) is 0 Å². The molecule has 8 heteroatoms. The van der Waals surface area contributed by atoms with Gasteiger partial charge in [0.25, 0.3) is 5.91 Å². The largest absolute Gasteiger partial charge is 0.349 e. The monoisotopic (exact) mass is 535 g/mol. The Balaban J connectivity index is 1.46. The molecular formula is C27H32Cl3N3O2. The Morgan fingerprint density at radius 3 is 2.31 bits per heavy atom. The molecule has 2 unspecified atom stereocenters. The second-order valence-electron chi connectivity index (χ2n) is 9.69. The lowest BCUT2D eigenvalue weighted by molar-refractivity contribution is -0.130. The van der Waals surface area contributed by atoms with Crippen molar-refractivity contribution < 1.29 is 9.59 Å². The molecule has 2 amide bonds. The second kappa shape index (κ2) is 12.0. The Bertz CT molecular complexity index is 1040. The first kappa shape index (κ1) is 26.3. The molecule has 1 N–H and O–H groups in total. The number of hydrogen-bond acceptors (Lipinski definition) is 3. The van der Waals surface area contributed by atoms with Crippen LogP contribution in [0.2, 0.25) is 10.0 Å². The van der Waals surface area contributed by atoms with Crippen LogP contribution in [0, 0.1) is 5.92 Å². The van der Waals surface area contributed by atoms with Gasteiger partial charge in [0, 0.05) is 63.1 Å². The number of nitrogens with one attached hydrogen (secondary N) is 1. The van der Waals surface area contributed by atoms with Crippen LogP contribution in [0.4, 0.5) is 0 Å². The van der Waals surface area contributed by atoms with Crippen LogP contribution in [0.15, 0.2) is 42.5 Å². The first-order valence-electron chi connectivity index (χ1n) is 12.2. The summed E-state index contributed by atoms with van der Waals surface area (Å²) < 4.78 is 0. The first-order chi connectivity index (χ1) is 16.8. The van der Waals surface area contributed by atoms with Crippen LogP contribution >= 0.6 is 34.8 Å². The van der Waals surface area contributed by atoms with Crippen molar-refractivity contribution in [3.63, 3.8) is 0 Å². The maximum Gasteiger partial charge on any atom is 0.251 e. The highest BCUT2D eigenvalue weighted by Gasteiger charge is 2.33. The van der Waals surface area contributed by atoms with Gasteiger partial charge in [0.2, 0.25) is 5.91 Å². The highest BCUT2D eigenvalue weighted by molar-refractivity contribution is 6.42. The van der Waals surface area contributed by atoms with E-state index in [1.165, 1.54) is 0 Å². The number of benzene rings is 2. The van der Waals surface area contributed by atoms with Crippen molar-refractivity contribution in [2.75, 3.05) is 32.7 Å². The standard InChI is InChI=1S/C27H32Cl3N3O2/c1-18(34)33-12-8-20(9-13-33)16-32-11-10-26(23(17-32)22-6-7-24(29)25(30)14-22)31-27(35)21-4-2-19(15-28)3-5-21/h2-7,14,20,23,26H,8-13,15-17H2,1H3,(H,31,35). The molecule has 35 heavy (non-hydrogen) atoms. The third-order valence-electron chi connectivity index (χ3n) is 7.33. The van der Waals surface area contributed by atoms with E-state index in [0.29, 0.717) is 27.4 Å². The van der Waals surface area contributed by atoms with E-state index < -0.39 is 0 Å². The highest BCUT2D eigenvalue weighted by Crippen LogP contribution is 2.33. The molecule has 0 bridgehead atoms. The zero-order chi connectivity index (χ0) is 24.9. The average molecular weight is 537 g/mol. The third-order valence-corrected chi connectivity index (χ3v) is 8.38. The van der Waals surface area contributed by atoms with Crippen LogP contribution in [0.25, 0.3) is 0 Å². The van der Waals surface area contributed by atoms with Crippen molar-refractivity contribution in [1.29, 1.82) is 0 Å². The molecule has 2 aliphatic heterocycles. The van der Waals surface area contributed by atoms with Gasteiger partial charge in [-0.3, -0.25) is 9.59 Å². The van der Waals surface area contributed by atoms with Crippen LogP contribution in [-0.2, 0) is 10.7 Å². The number of nitrogens with zero attached hydrogens (tertiary/aromatic N) is 2. The van der Waals surface area contributed by atoms with Crippen LogP contribution < -0.4 is 5.32 Å². The van der Waals surface area contributed by atoms with Gasteiger partial charge in [-0.2, -0.15) is 0 Å². The number of halogens is 3. The highest BCUT2D eigenvalue weighted by atomic mass is 35.5. The zero-order valence-corrected chi connectivity index (χ0v) is 22.3. The summed E-state index contributed by atoms with van der Waals surface area (Å²) in [5, 5.41) is 4.33. The number of carbonyl (C=O) groups is 2. The Hall–Kier alpha value is -1.79. The number of amides is 2. The van der Waals surface area contributed by atoms with Gasteiger partial charge < -0.3 is 15.1 Å². The van der Waals surface area contributed by atoms with Gasteiger partial charge >= 0.3 is 0 Å². The summed E-state index contributed by atoms with van der Waals surface area (Å²) in [5.74, 6) is 1.19. The molecule has 0 aromatic heterocycles. The Morgan fingerprint density at radius 1 is 0.971 bits per heavy atom. The van der Waals surface area contributed by atoms with Crippen molar-refractivity contribution in [2.24, 2.45) is 5.92 Å². The first-order valence-corrected chi connectivity index (χ1v) is 13.5. The third kappa shape index (κ3) is 6.71. The molecule has 2 saturated heterocycles. The predicted octanol–water partition coefficient (Wildman–Crippen LogP) is 5.58. The molecule has 2 atom stereocenters. The van der Waals surface area contributed by atoms with Crippen molar-refractivity contribution in [3.05, 3.63) is 69.2 Å². The van der Waals surface area contributed by atoms with Crippen molar-refractivity contribution in [2.45, 2.75) is 44.0 Å². The van der Waals surface area contributed by atoms with E-state index in [-0.39, 0.29) is 23.8 Å². The van der Waals surface area contributed by atoms with E-state index in [0.717, 1.165) is 63.1 Å². The summed E-state index contributed by atoms with van der Waals surface area (Å²) >= 11 is 18.4. The molecule has 2 aromatic carbocycles. The number of carbonyl (C=O) groups excluding carboxylic acids is 2. The van der Waals surface area contributed by atoms with Crippen LogP contribution in [0.3, 0.4) is 0 Å². The summed E-state index contributed by atoms with van der Waals surface area (Å²) in [6, 6.07) is 13.2. The topological polar surface area (TPSA) is 52.7 Å². The molecular weight excluding hydrogens is 505 g/mol. The molecule has 5 nitrogen and oxygen atoms in total. The molecule has 0 saturated carbocycles. The Labute approximate surface area is 222 Å². The van der Waals surface area contributed by atoms with E-state index in [1.54, 1.807) is 6.92 Å². The van der Waals surface area contributed by atoms with Crippen molar-refractivity contribution in [3.8, 4) is 0 Å². The summed E-state index contributed by atoms with van der Waals surface area (Å²) in [6.45, 7) is 6.08. The molecule has 4 rings (SSSR count). The van der Waals surface area contributed by atoms with Gasteiger partial charge in [-0.05, 0) is 60.6 Å². The average Bonchev–Trinajstić information content (AvgIpc) is 2.87. The maximum absolute atomic E-state index is 13.1. The van der Waals surface area contributed by atoms with E-state index in [9.17, 15) is 9.59 Å². The lowest BCUT2D eigenvalue weighted by Gasteiger charge is -2.42. The number of rotatable bonds is 6. The van der Waals surface area contributed by atoms with Gasteiger partial charge in [-0.25, -0.2) is 0 Å². The molecule has 188 valence electrons. The summed E-state index contributed by atoms with van der Waals surface area (Å²) in [6.07, 6.45) is 2.92. The maximum atomic E-state index is 13.1. The van der Waals surface area contributed by atoms with Gasteiger partial charge in [0.1, 0.15) is 0 Å². The number of hydrogen-bond donors (Lipinski definition) is 1. The zero-order valence-electron chi connectivity index (χ0n) is 20.0. The van der Waals surface area contributed by atoms with Gasteiger partial charge in [-0.15, -0.1) is 11.6 Å². The van der Waals surface area contributed by atoms with Crippen molar-refractivity contribution >= 4 is 46.6 Å². The minimum absolute atomic E-state index is 0.0109. The minimum Gasteiger partial charge on any atom is -0.349 e. The Morgan fingerprint density at radius 2 is 1.69 bits per heavy atom. The van der Waals surface area contributed by atoms with E-state index >= 15 is 0 Å². The SMILES string of the molecule is CC(=O)N1CCC(CN2CCC(NC(=O)c3ccc(CCl)cc3)C(c3ccc(Cl)c(Cl)c3)C2)CC1. The van der Waals surface area contributed by atoms with Crippen LogP contribution in [-0.4, -0.2) is 60.4 Å². The van der Waals surface area contributed by atoms with Crippen molar-refractivity contribution in [1.82, 2.24) is 15.1 Å². The van der Waals surface area contributed by atoms with E-state index in [1.807, 2.05) is 47.4 Å². The van der Waals surface area contributed by atoms with E-state index in [2.05, 4.69) is 10.2 Å². The molecule has 2 heterocycles. The Kier molecular flexibility index (Phi) is 8.98. The van der Waals surface area contributed by atoms with E-state index in [4.69, 9.17) is 34.8 Å². The molecule has 0 radical (unpaired) electrons. The summed E-state index contributed by atoms with van der Waals surface area (Å²) in [7, 11) is 0. The summed E-state index contributed by atoms with van der Waals surface area (Å²) in [5.41, 5.74) is 2.70. The second-order valence-corrected chi connectivity index (χ2v) is 10.8. The predicted molar refractivity (Wildman–Crippen MR) is 142 cm³/mol. The minimum atomic E-state index is -0.0776. The quantitative estimate of drug-likeness (QED) is 0.491. The fourth-order valence-corrected chi connectivity index (χ4v) is 5.72. The molecule has 0 spiro atoms. The number of likely N-dealkylation sites (tertiary alicyclic amines) is 2.